The van der Waals surface area contributed by atoms with Crippen molar-refractivity contribution in [3.8, 4) is 5.75 Å². The van der Waals surface area contributed by atoms with Crippen molar-refractivity contribution in [2.45, 2.75) is 0 Å². The van der Waals surface area contributed by atoms with E-state index in [0.29, 0.717) is 12.3 Å². The van der Waals surface area contributed by atoms with E-state index in [1.807, 2.05) is 0 Å². The van der Waals surface area contributed by atoms with Crippen LogP contribution in [0.5, 0.6) is 5.75 Å². The largest absolute Gasteiger partial charge is 0.496 e. The average molecular weight is 207 g/mol. The summed E-state index contributed by atoms with van der Waals surface area (Å²) >= 11 is 0. The molecule has 1 aromatic rings. The number of hydrogen-bond donors (Lipinski definition) is 2. The van der Waals surface area contributed by atoms with Crippen LogP contribution in [0.25, 0.3) is 6.08 Å². The van der Waals surface area contributed by atoms with Gasteiger partial charge in [0, 0.05) is 12.1 Å². The first-order valence-electron chi connectivity index (χ1n) is 4.47. The summed E-state index contributed by atoms with van der Waals surface area (Å²) in [6, 6.07) is 4.70. The minimum atomic E-state index is -0.970. The van der Waals surface area contributed by atoms with Gasteiger partial charge in [0.15, 0.2) is 0 Å². The Morgan fingerprint density at radius 2 is 2.33 bits per heavy atom. The standard InChI is InChI=1S/C11H13NO3/c1-15-10-7-9(11(13)14)5-4-8(10)3-2-6-12/h2-5,7H,6,12H2,1H3,(H,13,14). The molecule has 0 bridgehead atoms. The summed E-state index contributed by atoms with van der Waals surface area (Å²) in [5.74, 6) is -0.442. The van der Waals surface area contributed by atoms with E-state index < -0.39 is 5.97 Å². The second-order valence-corrected chi connectivity index (χ2v) is 2.90. The van der Waals surface area contributed by atoms with E-state index >= 15 is 0 Å². The highest BCUT2D eigenvalue weighted by atomic mass is 16.5. The predicted molar refractivity (Wildman–Crippen MR) is 58.0 cm³/mol. The molecule has 0 atom stereocenters. The van der Waals surface area contributed by atoms with Gasteiger partial charge in [-0.05, 0) is 12.1 Å². The van der Waals surface area contributed by atoms with E-state index in [-0.39, 0.29) is 5.56 Å². The van der Waals surface area contributed by atoms with Gasteiger partial charge >= 0.3 is 5.97 Å². The van der Waals surface area contributed by atoms with Crippen LogP contribution >= 0.6 is 0 Å². The van der Waals surface area contributed by atoms with Gasteiger partial charge in [-0.2, -0.15) is 0 Å². The molecule has 0 aliphatic rings. The molecule has 1 aromatic carbocycles. The summed E-state index contributed by atoms with van der Waals surface area (Å²) in [6.45, 7) is 0.434. The van der Waals surface area contributed by atoms with Crippen LogP contribution in [0.3, 0.4) is 0 Å². The number of nitrogens with two attached hydrogens (primary N) is 1. The van der Waals surface area contributed by atoms with Crippen LogP contribution in [0.4, 0.5) is 0 Å². The molecule has 0 aliphatic carbocycles. The summed E-state index contributed by atoms with van der Waals surface area (Å²) in [4.78, 5) is 10.7. The van der Waals surface area contributed by atoms with Crippen LogP contribution < -0.4 is 10.5 Å². The number of methoxy groups -OCH3 is 1. The second-order valence-electron chi connectivity index (χ2n) is 2.90. The Kier molecular flexibility index (Phi) is 3.88. The average Bonchev–Trinajstić information content (AvgIpc) is 2.25. The van der Waals surface area contributed by atoms with Crippen LogP contribution in [0.1, 0.15) is 15.9 Å². The Labute approximate surface area is 88.0 Å². The number of hydrogen-bond acceptors (Lipinski definition) is 3. The first-order valence-corrected chi connectivity index (χ1v) is 4.47. The lowest BCUT2D eigenvalue weighted by Gasteiger charge is -2.05. The number of carbonyl (C=O) groups is 1. The molecule has 0 heterocycles. The van der Waals surface area contributed by atoms with Crippen molar-refractivity contribution in [3.63, 3.8) is 0 Å². The van der Waals surface area contributed by atoms with Crippen molar-refractivity contribution in [1.29, 1.82) is 0 Å². The molecule has 0 radical (unpaired) electrons. The molecule has 15 heavy (non-hydrogen) atoms. The molecule has 0 aromatic heterocycles. The predicted octanol–water partition coefficient (Wildman–Crippen LogP) is 1.37. The van der Waals surface area contributed by atoms with Crippen molar-refractivity contribution >= 4 is 12.0 Å². The van der Waals surface area contributed by atoms with E-state index in [0.717, 1.165) is 5.56 Å². The monoisotopic (exact) mass is 207 g/mol. The van der Waals surface area contributed by atoms with Crippen molar-refractivity contribution in [2.24, 2.45) is 5.73 Å². The lowest BCUT2D eigenvalue weighted by Crippen LogP contribution is -1.98. The van der Waals surface area contributed by atoms with Gasteiger partial charge in [0.25, 0.3) is 0 Å². The fourth-order valence-corrected chi connectivity index (χ4v) is 1.18. The van der Waals surface area contributed by atoms with E-state index in [1.165, 1.54) is 19.2 Å². The minimum Gasteiger partial charge on any atom is -0.496 e. The zero-order valence-corrected chi connectivity index (χ0v) is 8.43. The Bertz CT molecular complexity index is 385. The summed E-state index contributed by atoms with van der Waals surface area (Å²) in [6.07, 6.45) is 3.57. The van der Waals surface area contributed by atoms with Gasteiger partial charge in [0.1, 0.15) is 5.75 Å². The Hall–Kier alpha value is -1.81. The Morgan fingerprint density at radius 3 is 2.87 bits per heavy atom. The van der Waals surface area contributed by atoms with E-state index in [9.17, 15) is 4.79 Å². The third-order valence-corrected chi connectivity index (χ3v) is 1.91. The van der Waals surface area contributed by atoms with Gasteiger partial charge in [0.2, 0.25) is 0 Å². The highest BCUT2D eigenvalue weighted by Crippen LogP contribution is 2.21. The normalized spacial score (nSPS) is 10.5. The third kappa shape index (κ3) is 2.82. The number of aromatic carboxylic acids is 1. The molecule has 0 saturated carbocycles. The maximum absolute atomic E-state index is 10.7. The SMILES string of the molecule is COc1cc(C(=O)O)ccc1C=CCN. The van der Waals surface area contributed by atoms with E-state index in [4.69, 9.17) is 15.6 Å². The zero-order valence-electron chi connectivity index (χ0n) is 8.43. The fraction of sp³-hybridized carbons (Fsp3) is 0.182. The molecule has 0 aliphatic heterocycles. The molecule has 3 N–H and O–H groups in total. The van der Waals surface area contributed by atoms with Crippen LogP contribution in [-0.2, 0) is 0 Å². The molecule has 0 amide bonds. The smallest absolute Gasteiger partial charge is 0.335 e. The zero-order chi connectivity index (χ0) is 11.3. The first-order chi connectivity index (χ1) is 7.19. The summed E-state index contributed by atoms with van der Waals surface area (Å²) in [7, 11) is 1.50. The summed E-state index contributed by atoms with van der Waals surface area (Å²) in [5, 5.41) is 8.78. The Balaban J connectivity index is 3.09. The van der Waals surface area contributed by atoms with Crippen LogP contribution in [0, 0.1) is 0 Å². The van der Waals surface area contributed by atoms with Gasteiger partial charge < -0.3 is 15.6 Å². The van der Waals surface area contributed by atoms with Crippen LogP contribution in [0.15, 0.2) is 24.3 Å². The number of benzene rings is 1. The molecule has 0 fully saturated rings. The van der Waals surface area contributed by atoms with Crippen molar-refractivity contribution in [2.75, 3.05) is 13.7 Å². The van der Waals surface area contributed by atoms with Crippen molar-refractivity contribution in [1.82, 2.24) is 0 Å². The van der Waals surface area contributed by atoms with Crippen LogP contribution in [-0.4, -0.2) is 24.7 Å². The molecule has 0 unspecified atom stereocenters. The fourth-order valence-electron chi connectivity index (χ4n) is 1.18. The second kappa shape index (κ2) is 5.17. The first kappa shape index (κ1) is 11.3. The Morgan fingerprint density at radius 1 is 1.60 bits per heavy atom. The van der Waals surface area contributed by atoms with E-state index in [2.05, 4.69) is 0 Å². The number of carboxylic acids is 1. The highest BCUT2D eigenvalue weighted by molar-refractivity contribution is 5.88. The van der Waals surface area contributed by atoms with E-state index in [1.54, 1.807) is 18.2 Å². The third-order valence-electron chi connectivity index (χ3n) is 1.91. The van der Waals surface area contributed by atoms with Gasteiger partial charge in [-0.1, -0.05) is 18.2 Å². The minimum absolute atomic E-state index is 0.205. The maximum Gasteiger partial charge on any atom is 0.335 e. The topological polar surface area (TPSA) is 72.5 Å². The molecule has 80 valence electrons. The molecule has 0 saturated heterocycles. The van der Waals surface area contributed by atoms with Crippen molar-refractivity contribution < 1.29 is 14.6 Å². The lowest BCUT2D eigenvalue weighted by atomic mass is 10.1. The lowest BCUT2D eigenvalue weighted by molar-refractivity contribution is 0.0696. The van der Waals surface area contributed by atoms with Gasteiger partial charge in [-0.3, -0.25) is 0 Å². The molecular formula is C11H13NO3. The molecule has 0 spiro atoms. The molecule has 4 nitrogen and oxygen atoms in total. The van der Waals surface area contributed by atoms with Crippen molar-refractivity contribution in [3.05, 3.63) is 35.4 Å². The molecular weight excluding hydrogens is 194 g/mol. The number of carboxylic acid groups (broad SMARTS) is 1. The summed E-state index contributed by atoms with van der Waals surface area (Å²) in [5.41, 5.74) is 6.34. The quantitative estimate of drug-likeness (QED) is 0.782. The van der Waals surface area contributed by atoms with Crippen LogP contribution in [0.2, 0.25) is 0 Å². The van der Waals surface area contributed by atoms with Gasteiger partial charge in [-0.25, -0.2) is 4.79 Å². The molecule has 4 heteroatoms. The summed E-state index contributed by atoms with van der Waals surface area (Å²) < 4.78 is 5.08. The number of rotatable bonds is 4. The van der Waals surface area contributed by atoms with Gasteiger partial charge in [0.05, 0.1) is 12.7 Å². The molecule has 1 rings (SSSR count). The highest BCUT2D eigenvalue weighted by Gasteiger charge is 2.06. The number of ether oxygens (including phenoxy) is 1. The van der Waals surface area contributed by atoms with Gasteiger partial charge in [-0.15, -0.1) is 0 Å². The maximum atomic E-state index is 10.7.